The highest BCUT2D eigenvalue weighted by Gasteiger charge is 2.38. The molecule has 0 spiro atoms. The number of para-hydroxylation sites is 1. The topological polar surface area (TPSA) is 58.6 Å². The summed E-state index contributed by atoms with van der Waals surface area (Å²) in [5.41, 5.74) is 0. The maximum atomic E-state index is 12.8. The van der Waals surface area contributed by atoms with Crippen molar-refractivity contribution >= 4 is 22.4 Å². The van der Waals surface area contributed by atoms with Crippen molar-refractivity contribution in [1.82, 2.24) is 9.62 Å². The van der Waals surface area contributed by atoms with Crippen LogP contribution in [-0.2, 0) is 10.0 Å². The normalized spacial score (nSPS) is 26.0. The lowest BCUT2D eigenvalue weighted by Crippen LogP contribution is -2.46. The Bertz CT molecular complexity index is 594. The van der Waals surface area contributed by atoms with Crippen LogP contribution in [0.1, 0.15) is 12.8 Å². The SMILES string of the molecule is COc1ccccc1S(=O)(=O)N1CCC2NCCC2C1.Cl. The first-order chi connectivity index (χ1) is 9.63. The Labute approximate surface area is 132 Å². The Balaban J connectivity index is 0.00000161. The van der Waals surface area contributed by atoms with Gasteiger partial charge in [0, 0.05) is 19.1 Å². The van der Waals surface area contributed by atoms with E-state index < -0.39 is 10.0 Å². The highest BCUT2D eigenvalue weighted by Crippen LogP contribution is 2.31. The van der Waals surface area contributed by atoms with Crippen molar-refractivity contribution in [3.8, 4) is 5.75 Å². The molecule has 0 amide bonds. The first kappa shape index (κ1) is 16.5. The summed E-state index contributed by atoms with van der Waals surface area (Å²) in [7, 11) is -1.96. The first-order valence-corrected chi connectivity index (χ1v) is 8.43. The van der Waals surface area contributed by atoms with Crippen molar-refractivity contribution < 1.29 is 13.2 Å². The van der Waals surface area contributed by atoms with Gasteiger partial charge in [-0.2, -0.15) is 4.31 Å². The fraction of sp³-hybridized carbons (Fsp3) is 0.571. The third-order valence-corrected chi connectivity index (χ3v) is 6.21. The molecule has 1 aromatic rings. The van der Waals surface area contributed by atoms with E-state index in [1.165, 1.54) is 7.11 Å². The van der Waals surface area contributed by atoms with Gasteiger partial charge < -0.3 is 10.1 Å². The average molecular weight is 333 g/mol. The highest BCUT2D eigenvalue weighted by atomic mass is 35.5. The molecule has 2 aliphatic heterocycles. The summed E-state index contributed by atoms with van der Waals surface area (Å²) in [4.78, 5) is 0.270. The smallest absolute Gasteiger partial charge is 0.246 e. The van der Waals surface area contributed by atoms with Crippen LogP contribution in [0, 0.1) is 5.92 Å². The van der Waals surface area contributed by atoms with Crippen molar-refractivity contribution in [1.29, 1.82) is 0 Å². The average Bonchev–Trinajstić information content (AvgIpc) is 2.94. The molecule has 7 heteroatoms. The molecule has 0 bridgehead atoms. The molecular weight excluding hydrogens is 312 g/mol. The quantitative estimate of drug-likeness (QED) is 0.911. The summed E-state index contributed by atoms with van der Waals surface area (Å²) < 4.78 is 32.4. The summed E-state index contributed by atoms with van der Waals surface area (Å²) in [6.07, 6.45) is 1.95. The van der Waals surface area contributed by atoms with Gasteiger partial charge in [-0.25, -0.2) is 8.42 Å². The number of piperidine rings is 1. The van der Waals surface area contributed by atoms with E-state index >= 15 is 0 Å². The summed E-state index contributed by atoms with van der Waals surface area (Å²) in [6, 6.07) is 7.31. The van der Waals surface area contributed by atoms with Crippen LogP contribution in [0.4, 0.5) is 0 Å². The first-order valence-electron chi connectivity index (χ1n) is 6.99. The summed E-state index contributed by atoms with van der Waals surface area (Å²) in [5, 5.41) is 3.45. The Morgan fingerprint density at radius 1 is 1.29 bits per heavy atom. The predicted octanol–water partition coefficient (Wildman–Crippen LogP) is 1.49. The van der Waals surface area contributed by atoms with Gasteiger partial charge in [0.05, 0.1) is 7.11 Å². The second kappa shape index (κ2) is 6.52. The number of methoxy groups -OCH3 is 1. The number of hydrogen-bond acceptors (Lipinski definition) is 4. The lowest BCUT2D eigenvalue weighted by Gasteiger charge is -2.34. The molecule has 1 aromatic carbocycles. The molecule has 0 aromatic heterocycles. The molecular formula is C14H21ClN2O3S. The Morgan fingerprint density at radius 3 is 2.81 bits per heavy atom. The number of sulfonamides is 1. The number of nitrogens with one attached hydrogen (secondary N) is 1. The molecule has 2 fully saturated rings. The lowest BCUT2D eigenvalue weighted by molar-refractivity contribution is 0.246. The number of hydrogen-bond donors (Lipinski definition) is 1. The Kier molecular flexibility index (Phi) is 5.14. The second-order valence-corrected chi connectivity index (χ2v) is 7.32. The van der Waals surface area contributed by atoms with Crippen LogP contribution in [0.2, 0.25) is 0 Å². The van der Waals surface area contributed by atoms with Crippen molar-refractivity contribution in [2.75, 3.05) is 26.7 Å². The molecule has 2 heterocycles. The van der Waals surface area contributed by atoms with Crippen LogP contribution < -0.4 is 10.1 Å². The standard InChI is InChI=1S/C14H20N2O3S.ClH/c1-19-13-4-2-3-5-14(13)20(17,18)16-9-7-12-11(10-16)6-8-15-12;/h2-5,11-12,15H,6-10H2,1H3;1H. The molecule has 3 rings (SSSR count). The van der Waals surface area contributed by atoms with Gasteiger partial charge in [-0.15, -0.1) is 12.4 Å². The zero-order valence-corrected chi connectivity index (χ0v) is 13.6. The van der Waals surface area contributed by atoms with Gasteiger partial charge in [-0.05, 0) is 37.4 Å². The lowest BCUT2D eigenvalue weighted by atomic mass is 9.95. The molecule has 0 saturated carbocycles. The third kappa shape index (κ3) is 3.04. The van der Waals surface area contributed by atoms with E-state index in [0.29, 0.717) is 30.8 Å². The minimum absolute atomic E-state index is 0. The van der Waals surface area contributed by atoms with Gasteiger partial charge in [-0.3, -0.25) is 0 Å². The van der Waals surface area contributed by atoms with Crippen LogP contribution in [0.5, 0.6) is 5.75 Å². The van der Waals surface area contributed by atoms with E-state index in [2.05, 4.69) is 5.32 Å². The van der Waals surface area contributed by atoms with Gasteiger partial charge in [0.15, 0.2) is 0 Å². The van der Waals surface area contributed by atoms with Crippen LogP contribution in [0.15, 0.2) is 29.2 Å². The Hall–Kier alpha value is -0.820. The fourth-order valence-corrected chi connectivity index (χ4v) is 4.87. The van der Waals surface area contributed by atoms with Gasteiger partial charge in [0.1, 0.15) is 10.6 Å². The number of ether oxygens (including phenoxy) is 1. The third-order valence-electron chi connectivity index (χ3n) is 4.31. The van der Waals surface area contributed by atoms with Crippen LogP contribution in [0.3, 0.4) is 0 Å². The number of rotatable bonds is 3. The zero-order chi connectivity index (χ0) is 14.2. The minimum atomic E-state index is -3.46. The molecule has 0 radical (unpaired) electrons. The van der Waals surface area contributed by atoms with E-state index in [4.69, 9.17) is 4.74 Å². The molecule has 5 nitrogen and oxygen atoms in total. The second-order valence-electron chi connectivity index (χ2n) is 5.41. The van der Waals surface area contributed by atoms with E-state index in [0.717, 1.165) is 19.4 Å². The van der Waals surface area contributed by atoms with Gasteiger partial charge >= 0.3 is 0 Å². The van der Waals surface area contributed by atoms with Crippen LogP contribution in [-0.4, -0.2) is 45.5 Å². The van der Waals surface area contributed by atoms with Crippen molar-refractivity contribution in [2.45, 2.75) is 23.8 Å². The molecule has 1 N–H and O–H groups in total. The van der Waals surface area contributed by atoms with Crippen molar-refractivity contribution in [3.63, 3.8) is 0 Å². The monoisotopic (exact) mass is 332 g/mol. The van der Waals surface area contributed by atoms with Crippen molar-refractivity contribution in [2.24, 2.45) is 5.92 Å². The molecule has 2 aliphatic rings. The minimum Gasteiger partial charge on any atom is -0.495 e. The summed E-state index contributed by atoms with van der Waals surface area (Å²) in [6.45, 7) is 2.18. The molecule has 21 heavy (non-hydrogen) atoms. The fourth-order valence-electron chi connectivity index (χ4n) is 3.20. The van der Waals surface area contributed by atoms with Crippen LogP contribution >= 0.6 is 12.4 Å². The largest absolute Gasteiger partial charge is 0.495 e. The van der Waals surface area contributed by atoms with Gasteiger partial charge in [-0.1, -0.05) is 12.1 Å². The van der Waals surface area contributed by atoms with Gasteiger partial charge in [0.25, 0.3) is 0 Å². The maximum absolute atomic E-state index is 12.8. The van der Waals surface area contributed by atoms with E-state index in [9.17, 15) is 8.42 Å². The molecule has 2 atom stereocenters. The zero-order valence-electron chi connectivity index (χ0n) is 12.0. The van der Waals surface area contributed by atoms with Crippen molar-refractivity contribution in [3.05, 3.63) is 24.3 Å². The maximum Gasteiger partial charge on any atom is 0.246 e. The van der Waals surface area contributed by atoms with Gasteiger partial charge in [0.2, 0.25) is 10.0 Å². The molecule has 2 saturated heterocycles. The van der Waals surface area contributed by atoms with E-state index in [-0.39, 0.29) is 17.3 Å². The van der Waals surface area contributed by atoms with E-state index in [1.54, 1.807) is 28.6 Å². The predicted molar refractivity (Wildman–Crippen MR) is 83.5 cm³/mol. The molecule has 2 unspecified atom stereocenters. The number of fused-ring (bicyclic) bond motifs is 1. The number of nitrogens with zero attached hydrogens (tertiary/aromatic N) is 1. The summed E-state index contributed by atoms with van der Waals surface area (Å²) >= 11 is 0. The number of benzene rings is 1. The summed E-state index contributed by atoms with van der Waals surface area (Å²) in [5.74, 6) is 0.854. The number of halogens is 1. The Morgan fingerprint density at radius 2 is 2.05 bits per heavy atom. The highest BCUT2D eigenvalue weighted by molar-refractivity contribution is 7.89. The molecule has 0 aliphatic carbocycles. The molecule has 118 valence electrons. The van der Waals surface area contributed by atoms with Crippen LogP contribution in [0.25, 0.3) is 0 Å². The van der Waals surface area contributed by atoms with E-state index in [1.807, 2.05) is 0 Å².